The quantitative estimate of drug-likeness (QED) is 0.765. The van der Waals surface area contributed by atoms with Gasteiger partial charge in [-0.2, -0.15) is 0 Å². The van der Waals surface area contributed by atoms with Gasteiger partial charge in [0.2, 0.25) is 5.92 Å². The molecule has 0 aromatic rings. The minimum absolute atomic E-state index is 0.00179. The van der Waals surface area contributed by atoms with Crippen LogP contribution in [0.25, 0.3) is 0 Å². The van der Waals surface area contributed by atoms with E-state index >= 15 is 0 Å². The number of hydrogen-bond acceptors (Lipinski definition) is 3. The number of carbonyl (C=O) groups excluding carboxylic acids is 1. The van der Waals surface area contributed by atoms with Crippen LogP contribution in [0.5, 0.6) is 0 Å². The van der Waals surface area contributed by atoms with Crippen molar-refractivity contribution in [2.24, 2.45) is 11.8 Å². The van der Waals surface area contributed by atoms with Crippen molar-refractivity contribution in [3.63, 3.8) is 0 Å². The highest BCUT2D eigenvalue weighted by Crippen LogP contribution is 2.37. The number of nitrogens with one attached hydrogen (secondary N) is 2. The third-order valence-electron chi connectivity index (χ3n) is 5.16. The normalized spacial score (nSPS) is 26.4. The first kappa shape index (κ1) is 20.4. The van der Waals surface area contributed by atoms with Gasteiger partial charge in [-0.05, 0) is 31.6 Å². The predicted octanol–water partition coefficient (Wildman–Crippen LogP) is 2.86. The molecular weight excluding hydrogens is 328 g/mol. The molecule has 2 atom stereocenters. The van der Waals surface area contributed by atoms with E-state index in [1.807, 2.05) is 6.92 Å². The van der Waals surface area contributed by atoms with Crippen molar-refractivity contribution >= 4 is 6.03 Å². The number of hydrogen-bond donors (Lipinski definition) is 2. The lowest BCUT2D eigenvalue weighted by molar-refractivity contribution is -0.0484. The summed E-state index contributed by atoms with van der Waals surface area (Å²) in [5.74, 6) is -1.80. The second kappa shape index (κ2) is 9.12. The fraction of sp³-hybridized carbons (Fsp3) is 0.944. The van der Waals surface area contributed by atoms with Crippen LogP contribution >= 0.6 is 0 Å². The van der Waals surface area contributed by atoms with E-state index in [9.17, 15) is 13.6 Å². The van der Waals surface area contributed by atoms with Crippen molar-refractivity contribution in [3.05, 3.63) is 0 Å². The molecule has 2 fully saturated rings. The van der Waals surface area contributed by atoms with Gasteiger partial charge in [0.05, 0.1) is 12.7 Å². The Bertz CT molecular complexity index is 425. The lowest BCUT2D eigenvalue weighted by Crippen LogP contribution is -2.51. The van der Waals surface area contributed by atoms with Gasteiger partial charge in [0, 0.05) is 45.1 Å². The van der Waals surface area contributed by atoms with E-state index < -0.39 is 5.92 Å². The van der Waals surface area contributed by atoms with E-state index in [1.165, 1.54) is 0 Å². The van der Waals surface area contributed by atoms with Crippen molar-refractivity contribution in [2.45, 2.75) is 64.5 Å². The Balaban J connectivity index is 1.66. The minimum atomic E-state index is -2.53. The van der Waals surface area contributed by atoms with Gasteiger partial charge in [-0.1, -0.05) is 13.8 Å². The minimum Gasteiger partial charge on any atom is -0.374 e. The molecule has 0 bridgehead atoms. The molecule has 0 spiro atoms. The van der Waals surface area contributed by atoms with E-state index in [4.69, 9.17) is 4.74 Å². The molecule has 2 rings (SSSR count). The summed E-state index contributed by atoms with van der Waals surface area (Å²) >= 11 is 0. The topological polar surface area (TPSA) is 53.6 Å². The summed E-state index contributed by atoms with van der Waals surface area (Å²) in [7, 11) is 0. The zero-order chi connectivity index (χ0) is 18.4. The zero-order valence-electron chi connectivity index (χ0n) is 15.7. The first-order valence-electron chi connectivity index (χ1n) is 9.51. The van der Waals surface area contributed by atoms with Gasteiger partial charge in [0.1, 0.15) is 0 Å². The van der Waals surface area contributed by atoms with Gasteiger partial charge in [-0.3, -0.25) is 4.90 Å². The summed E-state index contributed by atoms with van der Waals surface area (Å²) in [5, 5.41) is 5.76. The Kier molecular flexibility index (Phi) is 7.43. The van der Waals surface area contributed by atoms with E-state index in [2.05, 4.69) is 29.4 Å². The van der Waals surface area contributed by atoms with Crippen molar-refractivity contribution in [3.8, 4) is 0 Å². The van der Waals surface area contributed by atoms with E-state index in [-0.39, 0.29) is 36.9 Å². The van der Waals surface area contributed by atoms with E-state index in [1.54, 1.807) is 0 Å². The Hall–Kier alpha value is -0.950. The average Bonchev–Trinajstić information content (AvgIpc) is 2.52. The summed E-state index contributed by atoms with van der Waals surface area (Å²) in [6.45, 7) is 10.2. The molecule has 5 nitrogen and oxygen atoms in total. The Morgan fingerprint density at radius 1 is 1.28 bits per heavy atom. The van der Waals surface area contributed by atoms with Crippen LogP contribution in [0.15, 0.2) is 0 Å². The molecule has 0 radical (unpaired) electrons. The summed E-state index contributed by atoms with van der Waals surface area (Å²) in [4.78, 5) is 14.5. The number of nitrogens with zero attached hydrogens (tertiary/aromatic N) is 1. The van der Waals surface area contributed by atoms with Crippen LogP contribution in [-0.4, -0.2) is 61.8 Å². The largest absolute Gasteiger partial charge is 0.374 e. The molecule has 1 saturated carbocycles. The number of amides is 2. The monoisotopic (exact) mass is 361 g/mol. The highest BCUT2D eigenvalue weighted by Gasteiger charge is 2.36. The van der Waals surface area contributed by atoms with Crippen LogP contribution in [0.1, 0.15) is 46.5 Å². The molecule has 7 heteroatoms. The summed E-state index contributed by atoms with van der Waals surface area (Å²) < 4.78 is 32.2. The number of morpholine rings is 1. The molecule has 2 aliphatic rings. The van der Waals surface area contributed by atoms with E-state index in [0.29, 0.717) is 31.9 Å². The van der Waals surface area contributed by atoms with Gasteiger partial charge in [0.25, 0.3) is 0 Å². The number of urea groups is 1. The number of rotatable bonds is 6. The van der Waals surface area contributed by atoms with Crippen LogP contribution in [0.4, 0.5) is 13.6 Å². The van der Waals surface area contributed by atoms with E-state index in [0.717, 1.165) is 19.6 Å². The van der Waals surface area contributed by atoms with Crippen LogP contribution in [0, 0.1) is 11.8 Å². The highest BCUT2D eigenvalue weighted by atomic mass is 19.3. The average molecular weight is 361 g/mol. The second-order valence-corrected chi connectivity index (χ2v) is 7.98. The van der Waals surface area contributed by atoms with Gasteiger partial charge >= 0.3 is 6.03 Å². The Morgan fingerprint density at radius 2 is 1.96 bits per heavy atom. The summed E-state index contributed by atoms with van der Waals surface area (Å²) in [6.07, 6.45) is 0.774. The van der Waals surface area contributed by atoms with Crippen LogP contribution in [-0.2, 0) is 4.74 Å². The SMILES string of the molecule is CC(C)CN1CCOC(CNC(=O)NC(C)C2CCC(F)(F)CC2)C1. The number of alkyl halides is 2. The lowest BCUT2D eigenvalue weighted by atomic mass is 9.83. The molecule has 2 unspecified atom stereocenters. The van der Waals surface area contributed by atoms with Crippen molar-refractivity contribution in [1.29, 1.82) is 0 Å². The van der Waals surface area contributed by atoms with Crippen molar-refractivity contribution in [2.75, 3.05) is 32.8 Å². The number of halogens is 2. The molecule has 2 N–H and O–H groups in total. The molecule has 1 saturated heterocycles. The third-order valence-corrected chi connectivity index (χ3v) is 5.16. The lowest BCUT2D eigenvalue weighted by Gasteiger charge is -2.34. The molecule has 0 aromatic heterocycles. The summed E-state index contributed by atoms with van der Waals surface area (Å²) in [5.41, 5.74) is 0. The third kappa shape index (κ3) is 7.05. The maximum absolute atomic E-state index is 13.2. The standard InChI is InChI=1S/C18H33F2N3O2/c1-13(2)11-23-8-9-25-16(12-23)10-21-17(24)22-14(3)15-4-6-18(19,20)7-5-15/h13-16H,4-12H2,1-3H3,(H2,21,22,24). The van der Waals surface area contributed by atoms with Gasteiger partial charge in [-0.15, -0.1) is 0 Å². The summed E-state index contributed by atoms with van der Waals surface area (Å²) in [6, 6.07) is -0.338. The fourth-order valence-electron chi connectivity index (χ4n) is 3.73. The molecule has 0 aromatic carbocycles. The molecular formula is C18H33F2N3O2. The van der Waals surface area contributed by atoms with Crippen molar-refractivity contribution in [1.82, 2.24) is 15.5 Å². The molecule has 1 aliphatic carbocycles. The smallest absolute Gasteiger partial charge is 0.315 e. The van der Waals surface area contributed by atoms with Gasteiger partial charge < -0.3 is 15.4 Å². The fourth-order valence-corrected chi connectivity index (χ4v) is 3.73. The Morgan fingerprint density at radius 3 is 2.60 bits per heavy atom. The maximum Gasteiger partial charge on any atom is 0.315 e. The van der Waals surface area contributed by atoms with Crippen LogP contribution in [0.3, 0.4) is 0 Å². The van der Waals surface area contributed by atoms with Crippen LogP contribution < -0.4 is 10.6 Å². The van der Waals surface area contributed by atoms with Crippen molar-refractivity contribution < 1.29 is 18.3 Å². The molecule has 1 heterocycles. The predicted molar refractivity (Wildman–Crippen MR) is 93.9 cm³/mol. The first-order chi connectivity index (χ1) is 11.7. The second-order valence-electron chi connectivity index (χ2n) is 7.98. The zero-order valence-corrected chi connectivity index (χ0v) is 15.7. The number of ether oxygens (including phenoxy) is 1. The number of carbonyl (C=O) groups is 1. The molecule has 2 amide bonds. The Labute approximate surface area is 149 Å². The maximum atomic E-state index is 13.2. The highest BCUT2D eigenvalue weighted by molar-refractivity contribution is 5.74. The molecule has 146 valence electrons. The molecule has 1 aliphatic heterocycles. The van der Waals surface area contributed by atoms with Crippen LogP contribution in [0.2, 0.25) is 0 Å². The molecule has 25 heavy (non-hydrogen) atoms. The van der Waals surface area contributed by atoms with Gasteiger partial charge in [-0.25, -0.2) is 13.6 Å². The first-order valence-corrected chi connectivity index (χ1v) is 9.51. The van der Waals surface area contributed by atoms with Gasteiger partial charge in [0.15, 0.2) is 0 Å².